The van der Waals surface area contributed by atoms with Gasteiger partial charge >= 0.3 is 0 Å². The number of nitrogens with zero attached hydrogens (tertiary/aromatic N) is 4. The van der Waals surface area contributed by atoms with E-state index in [-0.39, 0.29) is 23.9 Å². The van der Waals surface area contributed by atoms with Gasteiger partial charge in [0.15, 0.2) is 6.10 Å². The summed E-state index contributed by atoms with van der Waals surface area (Å²) < 4.78 is 31.7. The number of hydrogen-bond acceptors (Lipinski definition) is 6. The van der Waals surface area contributed by atoms with Gasteiger partial charge in [0.25, 0.3) is 5.91 Å². The first-order chi connectivity index (χ1) is 19.5. The number of dihydropyridines is 1. The summed E-state index contributed by atoms with van der Waals surface area (Å²) in [5, 5.41) is 0. The Kier molecular flexibility index (Phi) is 9.99. The lowest BCUT2D eigenvalue weighted by atomic mass is 10.0. The first-order valence-corrected chi connectivity index (χ1v) is 13.4. The number of ether oxygens (including phenoxy) is 1. The fourth-order valence-corrected chi connectivity index (χ4v) is 4.92. The van der Waals surface area contributed by atoms with Crippen molar-refractivity contribution in [3.63, 3.8) is 0 Å². The van der Waals surface area contributed by atoms with Crippen LogP contribution in [0, 0.1) is 0 Å². The molecule has 2 heterocycles. The van der Waals surface area contributed by atoms with Crippen molar-refractivity contribution in [2.24, 2.45) is 4.99 Å². The van der Waals surface area contributed by atoms with Gasteiger partial charge in [-0.15, -0.1) is 0 Å². The molecule has 0 unspecified atom stereocenters. The molecule has 8 nitrogen and oxygen atoms in total. The number of halogens is 2. The Bertz CT molecular complexity index is 1240. The molecule has 0 atom stereocenters. The molecule has 3 amide bonds. The number of amides is 3. The fourth-order valence-electron chi connectivity index (χ4n) is 4.92. The van der Waals surface area contributed by atoms with Crippen LogP contribution in [0.2, 0.25) is 0 Å². The Morgan fingerprint density at radius 3 is 2.45 bits per heavy atom. The van der Waals surface area contributed by atoms with Crippen molar-refractivity contribution in [1.29, 1.82) is 0 Å². The van der Waals surface area contributed by atoms with E-state index in [4.69, 9.17) is 4.74 Å². The Labute approximate surface area is 232 Å². The van der Waals surface area contributed by atoms with Crippen LogP contribution in [-0.2, 0) is 16.1 Å². The number of aliphatic imine (C=N–C) groups is 1. The number of imide groups is 1. The molecule has 0 aromatic heterocycles. The van der Waals surface area contributed by atoms with Crippen molar-refractivity contribution in [3.05, 3.63) is 71.3 Å². The Morgan fingerprint density at radius 2 is 1.85 bits per heavy atom. The molecular formula is C30H34F2N4O4. The number of alkyl halides is 2. The topological polar surface area (TPSA) is 82.5 Å². The van der Waals surface area contributed by atoms with Crippen LogP contribution in [-0.4, -0.2) is 86.4 Å². The molecule has 0 saturated carbocycles. The summed E-state index contributed by atoms with van der Waals surface area (Å²) in [6.07, 6.45) is 6.41. The summed E-state index contributed by atoms with van der Waals surface area (Å²) in [5.74, 6) is -0.429. The monoisotopic (exact) mass is 552 g/mol. The van der Waals surface area contributed by atoms with Gasteiger partial charge in [-0.1, -0.05) is 30.3 Å². The third-order valence-electron chi connectivity index (χ3n) is 7.27. The van der Waals surface area contributed by atoms with Gasteiger partial charge in [0.1, 0.15) is 19.1 Å². The summed E-state index contributed by atoms with van der Waals surface area (Å²) >= 11 is 0. The van der Waals surface area contributed by atoms with Crippen LogP contribution in [0.4, 0.5) is 14.5 Å². The standard InChI is InChI=1S/C30H34F2N4O4/c1-34(24-11-14-35(20-37)15-12-24)29-10-9-25(40-26(17-31)18-32)16-27(29)30(39)36(21-38)19-22-5-7-23(8-6-22)28-4-2-3-13-33-28/h2,4-10,16,20-21,24,26H,3,11-15,17-19H2,1H3. The summed E-state index contributed by atoms with van der Waals surface area (Å²) in [6.45, 7) is -0.0693. The van der Waals surface area contributed by atoms with Gasteiger partial charge in [-0.25, -0.2) is 8.78 Å². The molecule has 4 rings (SSSR count). The number of benzene rings is 2. The molecule has 1 fully saturated rings. The van der Waals surface area contributed by atoms with Crippen molar-refractivity contribution in [2.45, 2.75) is 38.0 Å². The van der Waals surface area contributed by atoms with Crippen LogP contribution < -0.4 is 9.64 Å². The first-order valence-electron chi connectivity index (χ1n) is 13.4. The van der Waals surface area contributed by atoms with E-state index in [0.717, 1.165) is 41.1 Å². The van der Waals surface area contributed by atoms with Crippen LogP contribution in [0.15, 0.2) is 59.6 Å². The third-order valence-corrected chi connectivity index (χ3v) is 7.27. The zero-order valence-corrected chi connectivity index (χ0v) is 22.5. The summed E-state index contributed by atoms with van der Waals surface area (Å²) in [4.78, 5) is 46.3. The van der Waals surface area contributed by atoms with Gasteiger partial charge in [0.05, 0.1) is 17.8 Å². The first kappa shape index (κ1) is 28.9. The minimum Gasteiger partial charge on any atom is -0.485 e. The maximum atomic E-state index is 13.8. The predicted octanol–water partition coefficient (Wildman–Crippen LogP) is 3.98. The van der Waals surface area contributed by atoms with E-state index in [1.54, 1.807) is 17.0 Å². The highest BCUT2D eigenvalue weighted by Crippen LogP contribution is 2.31. The predicted molar refractivity (Wildman–Crippen MR) is 149 cm³/mol. The minimum atomic E-state index is -1.29. The molecule has 0 bridgehead atoms. The molecule has 10 heteroatoms. The van der Waals surface area contributed by atoms with E-state index in [1.165, 1.54) is 6.07 Å². The quantitative estimate of drug-likeness (QED) is 0.372. The van der Waals surface area contributed by atoms with E-state index in [0.29, 0.717) is 38.0 Å². The van der Waals surface area contributed by atoms with Gasteiger partial charge in [-0.3, -0.25) is 24.3 Å². The normalized spacial score (nSPS) is 15.5. The number of likely N-dealkylation sites (tertiary alicyclic amines) is 1. The number of carbonyl (C=O) groups excluding carboxylic acids is 3. The molecule has 2 aromatic rings. The number of anilines is 1. The van der Waals surface area contributed by atoms with Crippen molar-refractivity contribution < 1.29 is 27.9 Å². The second-order valence-corrected chi connectivity index (χ2v) is 9.90. The summed E-state index contributed by atoms with van der Waals surface area (Å²) in [5.41, 5.74) is 3.34. The summed E-state index contributed by atoms with van der Waals surface area (Å²) in [6, 6.07) is 12.2. The van der Waals surface area contributed by atoms with Gasteiger partial charge in [0.2, 0.25) is 12.8 Å². The zero-order valence-electron chi connectivity index (χ0n) is 22.5. The molecule has 2 aromatic carbocycles. The van der Waals surface area contributed by atoms with Crippen LogP contribution in [0.1, 0.15) is 40.7 Å². The largest absolute Gasteiger partial charge is 0.485 e. The average Bonchev–Trinajstić information content (AvgIpc) is 3.02. The van der Waals surface area contributed by atoms with Gasteiger partial charge < -0.3 is 14.5 Å². The molecule has 0 aliphatic carbocycles. The van der Waals surface area contributed by atoms with E-state index >= 15 is 0 Å². The van der Waals surface area contributed by atoms with E-state index < -0.39 is 25.4 Å². The van der Waals surface area contributed by atoms with Crippen molar-refractivity contribution in [3.8, 4) is 5.75 Å². The van der Waals surface area contributed by atoms with Crippen molar-refractivity contribution in [1.82, 2.24) is 9.80 Å². The molecule has 2 aliphatic rings. The minimum absolute atomic E-state index is 0.0362. The number of hydrogen-bond donors (Lipinski definition) is 0. The number of rotatable bonds is 12. The SMILES string of the molecule is CN(c1ccc(OC(CF)CF)cc1C(=O)N(C=O)Cc1ccc(C2=NCCC=C2)cc1)C1CCN(C=O)CC1. The zero-order chi connectivity index (χ0) is 28.5. The number of piperidine rings is 1. The van der Waals surface area contributed by atoms with Gasteiger partial charge in [0, 0.05) is 38.4 Å². The second kappa shape index (κ2) is 13.8. The molecule has 1 saturated heterocycles. The maximum absolute atomic E-state index is 13.8. The fraction of sp³-hybridized carbons (Fsp3) is 0.400. The average molecular weight is 553 g/mol. The molecular weight excluding hydrogens is 518 g/mol. The highest BCUT2D eigenvalue weighted by atomic mass is 19.1. The van der Waals surface area contributed by atoms with E-state index in [2.05, 4.69) is 11.1 Å². The van der Waals surface area contributed by atoms with Gasteiger partial charge in [-0.05, 0) is 54.7 Å². The second-order valence-electron chi connectivity index (χ2n) is 9.90. The smallest absolute Gasteiger partial charge is 0.262 e. The maximum Gasteiger partial charge on any atom is 0.262 e. The third kappa shape index (κ3) is 6.91. The summed E-state index contributed by atoms with van der Waals surface area (Å²) in [7, 11) is 1.85. The molecule has 0 radical (unpaired) electrons. The highest BCUT2D eigenvalue weighted by molar-refractivity contribution is 6.09. The van der Waals surface area contributed by atoms with Crippen molar-refractivity contribution in [2.75, 3.05) is 44.9 Å². The molecule has 0 spiro atoms. The number of carbonyl (C=O) groups is 3. The van der Waals surface area contributed by atoms with Crippen LogP contribution in [0.3, 0.4) is 0 Å². The Hall–Kier alpha value is -4.08. The molecule has 0 N–H and O–H groups in total. The van der Waals surface area contributed by atoms with Crippen LogP contribution >= 0.6 is 0 Å². The van der Waals surface area contributed by atoms with E-state index in [1.807, 2.05) is 42.3 Å². The molecule has 2 aliphatic heterocycles. The van der Waals surface area contributed by atoms with Crippen molar-refractivity contribution >= 4 is 30.1 Å². The lowest BCUT2D eigenvalue weighted by Crippen LogP contribution is -2.43. The lowest BCUT2D eigenvalue weighted by molar-refractivity contribution is -0.119. The molecule has 212 valence electrons. The lowest BCUT2D eigenvalue weighted by Gasteiger charge is -2.37. The number of allylic oxidation sites excluding steroid dienone is 1. The van der Waals surface area contributed by atoms with E-state index in [9.17, 15) is 23.2 Å². The Morgan fingerprint density at radius 1 is 1.12 bits per heavy atom. The highest BCUT2D eigenvalue weighted by Gasteiger charge is 2.27. The van der Waals surface area contributed by atoms with Crippen LogP contribution in [0.5, 0.6) is 5.75 Å². The molecule has 40 heavy (non-hydrogen) atoms. The van der Waals surface area contributed by atoms with Gasteiger partial charge in [-0.2, -0.15) is 0 Å². The Balaban J connectivity index is 1.58. The van der Waals surface area contributed by atoms with Crippen LogP contribution in [0.25, 0.3) is 0 Å².